The van der Waals surface area contributed by atoms with Gasteiger partial charge in [0, 0.05) is 17.7 Å². The van der Waals surface area contributed by atoms with Crippen LogP contribution in [0.15, 0.2) is 45.6 Å². The molecule has 1 aliphatic carbocycles. The summed E-state index contributed by atoms with van der Waals surface area (Å²) in [5.74, 6) is -0.877. The molecular weight excluding hydrogens is 322 g/mol. The number of esters is 1. The van der Waals surface area contributed by atoms with Crippen molar-refractivity contribution < 1.29 is 18.7 Å². The molecule has 0 radical (unpaired) electrons. The van der Waals surface area contributed by atoms with Crippen molar-refractivity contribution in [3.8, 4) is 0 Å². The van der Waals surface area contributed by atoms with E-state index in [1.165, 1.54) is 13.0 Å². The van der Waals surface area contributed by atoms with E-state index in [0.717, 1.165) is 12.8 Å². The Balaban J connectivity index is 1.88. The van der Waals surface area contributed by atoms with Crippen LogP contribution in [-0.4, -0.2) is 17.9 Å². The molecule has 3 rings (SSSR count). The van der Waals surface area contributed by atoms with Gasteiger partial charge in [0.15, 0.2) is 0 Å². The minimum absolute atomic E-state index is 0.149. The Labute approximate surface area is 144 Å². The lowest BCUT2D eigenvalue weighted by molar-refractivity contribution is -0.130. The van der Waals surface area contributed by atoms with Gasteiger partial charge in [-0.25, -0.2) is 9.59 Å². The Morgan fingerprint density at radius 1 is 1.20 bits per heavy atom. The van der Waals surface area contributed by atoms with Crippen molar-refractivity contribution in [1.82, 2.24) is 5.32 Å². The zero-order chi connectivity index (χ0) is 18.0. The second-order valence-corrected chi connectivity index (χ2v) is 6.16. The van der Waals surface area contributed by atoms with Crippen LogP contribution in [0.1, 0.15) is 46.2 Å². The molecule has 1 amide bonds. The number of carbonyl (C=O) groups excluding carboxylic acids is 2. The van der Waals surface area contributed by atoms with Gasteiger partial charge in [-0.05, 0) is 32.3 Å². The van der Waals surface area contributed by atoms with E-state index in [1.54, 1.807) is 31.2 Å². The average molecular weight is 341 g/mol. The molecule has 1 aliphatic rings. The lowest BCUT2D eigenvalue weighted by Crippen LogP contribution is -2.33. The van der Waals surface area contributed by atoms with E-state index >= 15 is 0 Å². The van der Waals surface area contributed by atoms with E-state index in [4.69, 9.17) is 9.15 Å². The van der Waals surface area contributed by atoms with Gasteiger partial charge in [-0.1, -0.05) is 30.3 Å². The molecule has 1 unspecified atom stereocenters. The lowest BCUT2D eigenvalue weighted by atomic mass is 10.1. The first-order valence-corrected chi connectivity index (χ1v) is 8.13. The first-order chi connectivity index (χ1) is 12.0. The second-order valence-electron chi connectivity index (χ2n) is 6.16. The van der Waals surface area contributed by atoms with E-state index in [1.807, 2.05) is 6.07 Å². The third-order valence-electron chi connectivity index (χ3n) is 4.03. The van der Waals surface area contributed by atoms with Crippen LogP contribution >= 0.6 is 0 Å². The summed E-state index contributed by atoms with van der Waals surface area (Å²) in [6.07, 6.45) is 0.812. The third kappa shape index (κ3) is 3.96. The molecule has 6 nitrogen and oxygen atoms in total. The van der Waals surface area contributed by atoms with Crippen molar-refractivity contribution in [2.75, 3.05) is 0 Å². The van der Waals surface area contributed by atoms with Crippen LogP contribution in [-0.2, 0) is 9.53 Å². The minimum atomic E-state index is -1.06. The Hall–Kier alpha value is -2.89. The zero-order valence-corrected chi connectivity index (χ0v) is 14.1. The number of aryl methyl sites for hydroxylation is 2. The first kappa shape index (κ1) is 17.0. The smallest absolute Gasteiger partial charge is 0.342 e. The monoisotopic (exact) mass is 341 g/mol. The molecule has 1 saturated carbocycles. The predicted molar refractivity (Wildman–Crippen MR) is 90.2 cm³/mol. The number of nitrogens with one attached hydrogen (secondary N) is 1. The van der Waals surface area contributed by atoms with Crippen LogP contribution in [0.25, 0.3) is 0 Å². The van der Waals surface area contributed by atoms with Gasteiger partial charge in [0.1, 0.15) is 11.3 Å². The fourth-order valence-corrected chi connectivity index (χ4v) is 2.63. The third-order valence-corrected chi connectivity index (χ3v) is 4.03. The second kappa shape index (κ2) is 6.93. The van der Waals surface area contributed by atoms with Crippen LogP contribution in [0.3, 0.4) is 0 Å². The summed E-state index contributed by atoms with van der Waals surface area (Å²) < 4.78 is 10.5. The first-order valence-electron chi connectivity index (χ1n) is 8.13. The summed E-state index contributed by atoms with van der Waals surface area (Å²) in [5.41, 5.74) is 0.673. The molecule has 1 atom stereocenters. The van der Waals surface area contributed by atoms with E-state index in [2.05, 4.69) is 5.32 Å². The van der Waals surface area contributed by atoms with E-state index < -0.39 is 17.7 Å². The predicted octanol–water partition coefficient (Wildman–Crippen LogP) is 2.43. The summed E-state index contributed by atoms with van der Waals surface area (Å²) in [6.45, 7) is 3.15. The molecule has 6 heteroatoms. The van der Waals surface area contributed by atoms with Crippen LogP contribution in [0.5, 0.6) is 0 Å². The van der Waals surface area contributed by atoms with Crippen LogP contribution in [0.4, 0.5) is 0 Å². The zero-order valence-electron chi connectivity index (χ0n) is 14.1. The standard InChI is InChI=1S/C19H19NO5/c1-11-10-15(21)24-12(2)16(11)19(23)25-17(13-6-4-3-5-7-13)18(22)20-14-8-9-14/h3-7,10,14,17H,8-9H2,1-2H3,(H,20,22). The van der Waals surface area contributed by atoms with Gasteiger partial charge in [-0.2, -0.15) is 0 Å². The highest BCUT2D eigenvalue weighted by Crippen LogP contribution is 2.25. The molecule has 0 spiro atoms. The molecule has 1 fully saturated rings. The molecular formula is C19H19NO5. The fourth-order valence-electron chi connectivity index (χ4n) is 2.63. The topological polar surface area (TPSA) is 85.6 Å². The van der Waals surface area contributed by atoms with Crippen LogP contribution in [0, 0.1) is 13.8 Å². The molecule has 130 valence electrons. The Bertz CT molecular complexity index is 826. The van der Waals surface area contributed by atoms with Crippen molar-refractivity contribution in [2.45, 2.75) is 38.8 Å². The van der Waals surface area contributed by atoms with Crippen LogP contribution < -0.4 is 10.9 Å². The number of rotatable bonds is 5. The summed E-state index contributed by atoms with van der Waals surface area (Å²) >= 11 is 0. The Morgan fingerprint density at radius 3 is 2.48 bits per heavy atom. The molecule has 1 aromatic heterocycles. The molecule has 0 saturated heterocycles. The summed E-state index contributed by atoms with van der Waals surface area (Å²) in [4.78, 5) is 36.5. The highest BCUT2D eigenvalue weighted by Gasteiger charge is 2.32. The Kier molecular flexibility index (Phi) is 4.70. The van der Waals surface area contributed by atoms with Gasteiger partial charge in [0.2, 0.25) is 6.10 Å². The highest BCUT2D eigenvalue weighted by atomic mass is 16.5. The average Bonchev–Trinajstić information content (AvgIpc) is 3.36. The van der Waals surface area contributed by atoms with E-state index in [0.29, 0.717) is 11.1 Å². The number of benzene rings is 1. The van der Waals surface area contributed by atoms with Gasteiger partial charge >= 0.3 is 11.6 Å². The molecule has 2 aromatic rings. The Morgan fingerprint density at radius 2 is 1.88 bits per heavy atom. The van der Waals surface area contributed by atoms with E-state index in [9.17, 15) is 14.4 Å². The van der Waals surface area contributed by atoms with Crippen molar-refractivity contribution in [3.05, 3.63) is 69.3 Å². The minimum Gasteiger partial charge on any atom is -0.444 e. The van der Waals surface area contributed by atoms with E-state index in [-0.39, 0.29) is 23.3 Å². The number of hydrogen-bond donors (Lipinski definition) is 1. The molecule has 1 N–H and O–H groups in total. The maximum absolute atomic E-state index is 12.6. The normalized spacial score (nSPS) is 14.6. The summed E-state index contributed by atoms with van der Waals surface area (Å²) in [6, 6.07) is 10.2. The van der Waals surface area contributed by atoms with Crippen molar-refractivity contribution >= 4 is 11.9 Å². The highest BCUT2D eigenvalue weighted by molar-refractivity contribution is 5.94. The summed E-state index contributed by atoms with van der Waals surface area (Å²) in [7, 11) is 0. The number of amides is 1. The molecule has 25 heavy (non-hydrogen) atoms. The van der Waals surface area contributed by atoms with Gasteiger partial charge in [0.25, 0.3) is 5.91 Å². The SMILES string of the molecule is Cc1cc(=O)oc(C)c1C(=O)OC(C(=O)NC1CC1)c1ccccc1. The van der Waals surface area contributed by atoms with Gasteiger partial charge in [-0.3, -0.25) is 4.79 Å². The van der Waals surface area contributed by atoms with Crippen molar-refractivity contribution in [1.29, 1.82) is 0 Å². The molecule has 1 heterocycles. The number of ether oxygens (including phenoxy) is 1. The van der Waals surface area contributed by atoms with Gasteiger partial charge in [-0.15, -0.1) is 0 Å². The van der Waals surface area contributed by atoms with Crippen molar-refractivity contribution in [2.24, 2.45) is 0 Å². The largest absolute Gasteiger partial charge is 0.444 e. The quantitative estimate of drug-likeness (QED) is 0.844. The number of carbonyl (C=O) groups is 2. The maximum Gasteiger partial charge on any atom is 0.342 e. The number of hydrogen-bond acceptors (Lipinski definition) is 5. The summed E-state index contributed by atoms with van der Waals surface area (Å²) in [5, 5.41) is 2.86. The maximum atomic E-state index is 12.6. The fraction of sp³-hybridized carbons (Fsp3) is 0.316. The molecule has 0 aliphatic heterocycles. The lowest BCUT2D eigenvalue weighted by Gasteiger charge is -2.19. The van der Waals surface area contributed by atoms with Crippen molar-refractivity contribution in [3.63, 3.8) is 0 Å². The van der Waals surface area contributed by atoms with Gasteiger partial charge in [0.05, 0.1) is 0 Å². The van der Waals surface area contributed by atoms with Gasteiger partial charge < -0.3 is 14.5 Å². The molecule has 0 bridgehead atoms. The molecule has 1 aromatic carbocycles. The van der Waals surface area contributed by atoms with Crippen LogP contribution in [0.2, 0.25) is 0 Å².